The summed E-state index contributed by atoms with van der Waals surface area (Å²) >= 11 is 1.60. The van der Waals surface area contributed by atoms with E-state index < -0.39 is 0 Å². The van der Waals surface area contributed by atoms with Gasteiger partial charge >= 0.3 is 0 Å². The summed E-state index contributed by atoms with van der Waals surface area (Å²) in [4.78, 5) is 22.3. The quantitative estimate of drug-likeness (QED) is 0.468. The van der Waals surface area contributed by atoms with Crippen LogP contribution >= 0.6 is 11.3 Å². The van der Waals surface area contributed by atoms with Crippen molar-refractivity contribution in [2.45, 2.75) is 31.2 Å². The number of nitrogens with one attached hydrogen (secondary N) is 1. The Bertz CT molecular complexity index is 1280. The van der Waals surface area contributed by atoms with Gasteiger partial charge in [0.15, 0.2) is 0 Å². The molecule has 1 aliphatic heterocycles. The molecule has 1 saturated carbocycles. The van der Waals surface area contributed by atoms with Gasteiger partial charge in [-0.25, -0.2) is 4.98 Å². The Kier molecular flexibility index (Phi) is 4.46. The molecule has 1 fully saturated rings. The van der Waals surface area contributed by atoms with Gasteiger partial charge in [-0.2, -0.15) is 0 Å². The standard InChI is InChI=1S/C25H21N3O2S/c29-24(27-20-11-12-30-22-4-2-1-3-18(20)22)16-7-10-21-23(13-16)31-25(28-21)17-8-9-19(26-14-17)15-5-6-15/h1-4,7-10,13-15,20H,5-6,11-12H2,(H,27,29). The van der Waals surface area contributed by atoms with E-state index in [1.165, 1.54) is 18.5 Å². The number of benzene rings is 2. The van der Waals surface area contributed by atoms with Crippen molar-refractivity contribution in [1.29, 1.82) is 0 Å². The lowest BCUT2D eigenvalue weighted by Gasteiger charge is -2.26. The van der Waals surface area contributed by atoms with Gasteiger partial charge < -0.3 is 10.1 Å². The highest BCUT2D eigenvalue weighted by molar-refractivity contribution is 7.21. The Balaban J connectivity index is 1.24. The maximum Gasteiger partial charge on any atom is 0.251 e. The predicted molar refractivity (Wildman–Crippen MR) is 122 cm³/mol. The SMILES string of the molecule is O=C(NC1CCOc2ccccc21)c1ccc2nc(-c3ccc(C4CC4)nc3)sc2c1. The molecule has 2 aromatic heterocycles. The molecule has 1 atom stereocenters. The van der Waals surface area contributed by atoms with E-state index in [1.54, 1.807) is 11.3 Å². The molecule has 1 amide bonds. The molecule has 6 rings (SSSR count). The highest BCUT2D eigenvalue weighted by Crippen LogP contribution is 2.39. The van der Waals surface area contributed by atoms with Gasteiger partial charge in [-0.3, -0.25) is 9.78 Å². The molecular formula is C25H21N3O2S. The van der Waals surface area contributed by atoms with E-state index in [1.807, 2.05) is 48.7 Å². The van der Waals surface area contributed by atoms with Crippen molar-refractivity contribution in [3.63, 3.8) is 0 Å². The molecule has 0 saturated heterocycles. The van der Waals surface area contributed by atoms with Crippen LogP contribution in [0.15, 0.2) is 60.8 Å². The van der Waals surface area contributed by atoms with Crippen LogP contribution in [0.1, 0.15) is 52.8 Å². The first-order chi connectivity index (χ1) is 15.2. The number of thiazole rings is 1. The van der Waals surface area contributed by atoms with E-state index in [4.69, 9.17) is 9.72 Å². The van der Waals surface area contributed by atoms with Gasteiger partial charge in [0.05, 0.1) is 22.9 Å². The van der Waals surface area contributed by atoms with E-state index in [9.17, 15) is 4.79 Å². The zero-order valence-electron chi connectivity index (χ0n) is 16.9. The molecule has 2 aromatic carbocycles. The highest BCUT2D eigenvalue weighted by atomic mass is 32.1. The fourth-order valence-corrected chi connectivity index (χ4v) is 5.07. The van der Waals surface area contributed by atoms with Crippen LogP contribution in [0.2, 0.25) is 0 Å². The maximum atomic E-state index is 13.0. The van der Waals surface area contributed by atoms with Crippen molar-refractivity contribution in [1.82, 2.24) is 15.3 Å². The number of nitrogens with zero attached hydrogens (tertiary/aromatic N) is 2. The Morgan fingerprint density at radius 3 is 2.81 bits per heavy atom. The van der Waals surface area contributed by atoms with E-state index in [2.05, 4.69) is 22.4 Å². The van der Waals surface area contributed by atoms with Crippen LogP contribution in [-0.2, 0) is 0 Å². The number of para-hydroxylation sites is 1. The first-order valence-corrected chi connectivity index (χ1v) is 11.5. The van der Waals surface area contributed by atoms with Crippen molar-refractivity contribution in [2.75, 3.05) is 6.61 Å². The van der Waals surface area contributed by atoms with Crippen LogP contribution in [0.5, 0.6) is 5.75 Å². The average Bonchev–Trinajstić information content (AvgIpc) is 3.57. The molecule has 0 radical (unpaired) electrons. The van der Waals surface area contributed by atoms with Crippen LogP contribution in [0.3, 0.4) is 0 Å². The molecule has 6 heteroatoms. The van der Waals surface area contributed by atoms with Crippen LogP contribution < -0.4 is 10.1 Å². The molecule has 3 heterocycles. The predicted octanol–water partition coefficient (Wildman–Crippen LogP) is 5.49. The highest BCUT2D eigenvalue weighted by Gasteiger charge is 2.25. The minimum absolute atomic E-state index is 0.0405. The summed E-state index contributed by atoms with van der Waals surface area (Å²) in [6.07, 6.45) is 5.18. The fraction of sp³-hybridized carbons (Fsp3) is 0.240. The zero-order chi connectivity index (χ0) is 20.8. The second kappa shape index (κ2) is 7.46. The summed E-state index contributed by atoms with van der Waals surface area (Å²) in [5.41, 5.74) is 4.78. The number of hydrogen-bond acceptors (Lipinski definition) is 5. The minimum atomic E-state index is -0.0750. The number of pyridine rings is 1. The van der Waals surface area contributed by atoms with Crippen LogP contribution in [0.25, 0.3) is 20.8 Å². The molecule has 4 aromatic rings. The van der Waals surface area contributed by atoms with Crippen LogP contribution in [-0.4, -0.2) is 22.5 Å². The Labute approximate surface area is 184 Å². The van der Waals surface area contributed by atoms with Gasteiger partial charge in [0.25, 0.3) is 5.91 Å². The number of rotatable bonds is 4. The molecular weight excluding hydrogens is 406 g/mol. The smallest absolute Gasteiger partial charge is 0.251 e. The van der Waals surface area contributed by atoms with E-state index >= 15 is 0 Å². The molecule has 31 heavy (non-hydrogen) atoms. The average molecular weight is 428 g/mol. The van der Waals surface area contributed by atoms with Crippen molar-refractivity contribution < 1.29 is 9.53 Å². The fourth-order valence-electron chi connectivity index (χ4n) is 4.08. The van der Waals surface area contributed by atoms with Crippen molar-refractivity contribution in [3.8, 4) is 16.3 Å². The van der Waals surface area contributed by atoms with Crippen LogP contribution in [0, 0.1) is 0 Å². The third kappa shape index (κ3) is 3.57. The first-order valence-electron chi connectivity index (χ1n) is 10.6. The number of carbonyl (C=O) groups is 1. The zero-order valence-corrected chi connectivity index (χ0v) is 17.7. The maximum absolute atomic E-state index is 13.0. The van der Waals surface area contributed by atoms with Crippen molar-refractivity contribution in [2.24, 2.45) is 0 Å². The lowest BCUT2D eigenvalue weighted by molar-refractivity contribution is 0.0925. The second-order valence-electron chi connectivity index (χ2n) is 8.15. The molecule has 0 spiro atoms. The monoisotopic (exact) mass is 427 g/mol. The van der Waals surface area contributed by atoms with Gasteiger partial charge in [-0.05, 0) is 49.2 Å². The Morgan fingerprint density at radius 2 is 1.97 bits per heavy atom. The molecule has 2 aliphatic rings. The molecule has 1 N–H and O–H groups in total. The number of carbonyl (C=O) groups excluding carboxylic acids is 1. The molecule has 154 valence electrons. The van der Waals surface area contributed by atoms with Gasteiger partial charge in [-0.1, -0.05) is 18.2 Å². The minimum Gasteiger partial charge on any atom is -0.493 e. The Hall–Kier alpha value is -3.25. The summed E-state index contributed by atoms with van der Waals surface area (Å²) < 4.78 is 6.71. The van der Waals surface area contributed by atoms with Crippen molar-refractivity contribution >= 4 is 27.5 Å². The first kappa shape index (κ1) is 18.5. The molecule has 1 unspecified atom stereocenters. The largest absolute Gasteiger partial charge is 0.493 e. The third-order valence-corrected chi connectivity index (χ3v) is 7.01. The van der Waals surface area contributed by atoms with Gasteiger partial charge in [0.2, 0.25) is 0 Å². The normalized spacial score (nSPS) is 17.7. The number of aromatic nitrogens is 2. The number of fused-ring (bicyclic) bond motifs is 2. The molecule has 0 bridgehead atoms. The summed E-state index contributed by atoms with van der Waals surface area (Å²) in [7, 11) is 0. The summed E-state index contributed by atoms with van der Waals surface area (Å²) in [5, 5.41) is 4.10. The van der Waals surface area contributed by atoms with Gasteiger partial charge in [0, 0.05) is 40.9 Å². The lowest BCUT2D eigenvalue weighted by Crippen LogP contribution is -2.32. The summed E-state index contributed by atoms with van der Waals surface area (Å²) in [6.45, 7) is 0.604. The number of amides is 1. The third-order valence-electron chi connectivity index (χ3n) is 5.94. The van der Waals surface area contributed by atoms with Crippen LogP contribution in [0.4, 0.5) is 0 Å². The van der Waals surface area contributed by atoms with E-state index in [0.29, 0.717) is 18.1 Å². The molecule has 1 aliphatic carbocycles. The van der Waals surface area contributed by atoms with Gasteiger partial charge in [-0.15, -0.1) is 11.3 Å². The van der Waals surface area contributed by atoms with Gasteiger partial charge in [0.1, 0.15) is 10.8 Å². The summed E-state index contributed by atoms with van der Waals surface area (Å²) in [5.74, 6) is 1.42. The topological polar surface area (TPSA) is 64.1 Å². The van der Waals surface area contributed by atoms with E-state index in [-0.39, 0.29) is 11.9 Å². The second-order valence-corrected chi connectivity index (χ2v) is 9.18. The van der Waals surface area contributed by atoms with Crippen molar-refractivity contribution in [3.05, 3.63) is 77.6 Å². The van der Waals surface area contributed by atoms with E-state index in [0.717, 1.165) is 38.5 Å². The summed E-state index contributed by atoms with van der Waals surface area (Å²) in [6, 6.07) is 17.8. The Morgan fingerprint density at radius 1 is 1.06 bits per heavy atom. The number of hydrogen-bond donors (Lipinski definition) is 1. The number of ether oxygens (including phenoxy) is 1. The molecule has 5 nitrogen and oxygen atoms in total. The lowest BCUT2D eigenvalue weighted by atomic mass is 10.00.